The zero-order valence-electron chi connectivity index (χ0n) is 64.6. The third-order valence-electron chi connectivity index (χ3n) is 18.8. The molecule has 0 aliphatic heterocycles. The topological polar surface area (TPSA) is 237 Å². The summed E-state index contributed by atoms with van der Waals surface area (Å²) in [4.78, 5) is 73.0. The summed E-state index contributed by atoms with van der Waals surface area (Å²) in [6.45, 7) is 7.30. The van der Waals surface area contributed by atoms with Gasteiger partial charge in [-0.2, -0.15) is 0 Å². The Kier molecular flexibility index (Phi) is 71.6. The first-order valence-electron chi connectivity index (χ1n) is 41.6. The average Bonchev–Trinajstić information content (AvgIpc) is 1.61. The highest BCUT2D eigenvalue weighted by Gasteiger charge is 2.30. The molecule has 0 fully saturated rings. The number of carbonyl (C=O) groups excluding carboxylic acids is 4. The van der Waals surface area contributed by atoms with Crippen molar-refractivity contribution in [3.63, 3.8) is 0 Å². The Bertz CT molecular complexity index is 1890. The van der Waals surface area contributed by atoms with Crippen molar-refractivity contribution in [2.75, 3.05) is 39.6 Å². The number of phosphoric ester groups is 2. The molecule has 19 heteroatoms. The Balaban J connectivity index is 5.24. The minimum absolute atomic E-state index is 0.106. The Hall–Kier alpha value is -1.94. The van der Waals surface area contributed by atoms with Gasteiger partial charge in [0.15, 0.2) is 12.2 Å². The van der Waals surface area contributed by atoms with Gasteiger partial charge < -0.3 is 33.8 Å². The minimum Gasteiger partial charge on any atom is -0.462 e. The van der Waals surface area contributed by atoms with Crippen LogP contribution in [-0.4, -0.2) is 96.7 Å². The summed E-state index contributed by atoms with van der Waals surface area (Å²) in [5.74, 6) is -1.37. The van der Waals surface area contributed by atoms with E-state index in [4.69, 9.17) is 37.0 Å². The van der Waals surface area contributed by atoms with Gasteiger partial charge in [0, 0.05) is 25.7 Å². The van der Waals surface area contributed by atoms with Crippen LogP contribution in [0.2, 0.25) is 0 Å². The Morgan fingerprint density at radius 2 is 0.465 bits per heavy atom. The van der Waals surface area contributed by atoms with E-state index < -0.39 is 97.5 Å². The van der Waals surface area contributed by atoms with Crippen LogP contribution in [0.3, 0.4) is 0 Å². The van der Waals surface area contributed by atoms with Crippen LogP contribution in [0.4, 0.5) is 0 Å². The fourth-order valence-corrected chi connectivity index (χ4v) is 14.0. The van der Waals surface area contributed by atoms with Crippen molar-refractivity contribution < 1.29 is 80.2 Å². The highest BCUT2D eigenvalue weighted by atomic mass is 31.2. The van der Waals surface area contributed by atoms with Crippen molar-refractivity contribution in [2.45, 2.75) is 445 Å². The normalized spacial score (nSPS) is 13.9. The summed E-state index contributed by atoms with van der Waals surface area (Å²) in [5.41, 5.74) is 0. The summed E-state index contributed by atoms with van der Waals surface area (Å²) in [7, 11) is -9.92. The predicted molar refractivity (Wildman–Crippen MR) is 405 cm³/mol. The zero-order chi connectivity index (χ0) is 72.7. The van der Waals surface area contributed by atoms with Crippen molar-refractivity contribution in [2.24, 2.45) is 5.92 Å². The first-order chi connectivity index (χ1) is 48.0. The number of ether oxygens (including phenoxy) is 4. The van der Waals surface area contributed by atoms with Gasteiger partial charge in [-0.25, -0.2) is 9.13 Å². The number of aliphatic hydroxyl groups is 1. The molecule has 3 N–H and O–H groups in total. The second kappa shape index (κ2) is 73.0. The number of aliphatic hydroxyl groups excluding tert-OH is 1. The molecule has 17 nitrogen and oxygen atoms in total. The van der Waals surface area contributed by atoms with E-state index in [0.717, 1.165) is 95.8 Å². The van der Waals surface area contributed by atoms with E-state index in [1.54, 1.807) is 0 Å². The molecule has 0 saturated heterocycles. The van der Waals surface area contributed by atoms with Crippen LogP contribution in [-0.2, 0) is 65.4 Å². The standard InChI is InChI=1S/C80H156O17P2/c1-6-9-12-15-18-21-24-27-29-31-32-33-35-37-40-45-50-55-60-65-79(84)96-75(69-91-78(83)64-59-54-49-44-39-36-34-30-28-25-22-19-16-13-10-7-2)71-94-98(86,87)92-67-74(81)68-93-99(88,89)95-72-76(97-80(85)66-61-56-51-46-41-42-47-52-57-62-73(4)5)70-90-77(82)63-58-53-48-43-38-26-23-20-17-14-11-8-3/h73-76,81H,6-72H2,1-5H3,(H,86,87)(H,88,89)/t74-,75-,76-/m1/s1. The van der Waals surface area contributed by atoms with Crippen molar-refractivity contribution in [1.29, 1.82) is 0 Å². The lowest BCUT2D eigenvalue weighted by molar-refractivity contribution is -0.161. The van der Waals surface area contributed by atoms with E-state index in [1.807, 2.05) is 0 Å². The summed E-state index contributed by atoms with van der Waals surface area (Å²) < 4.78 is 68.7. The van der Waals surface area contributed by atoms with Gasteiger partial charge in [0.1, 0.15) is 19.3 Å². The fourth-order valence-electron chi connectivity index (χ4n) is 12.4. The molecule has 0 aliphatic carbocycles. The maximum absolute atomic E-state index is 13.1. The van der Waals surface area contributed by atoms with Crippen molar-refractivity contribution in [3.8, 4) is 0 Å². The summed E-state index contributed by atoms with van der Waals surface area (Å²) >= 11 is 0. The number of phosphoric acid groups is 2. The summed E-state index contributed by atoms with van der Waals surface area (Å²) in [5, 5.41) is 10.6. The molecular weight excluding hydrogens is 1290 g/mol. The lowest BCUT2D eigenvalue weighted by atomic mass is 10.0. The fraction of sp³-hybridized carbons (Fsp3) is 0.950. The van der Waals surface area contributed by atoms with E-state index in [1.165, 1.54) is 250 Å². The number of esters is 4. The predicted octanol–water partition coefficient (Wildman–Crippen LogP) is 24.0. The zero-order valence-corrected chi connectivity index (χ0v) is 66.4. The number of hydrogen-bond acceptors (Lipinski definition) is 15. The molecule has 0 radical (unpaired) electrons. The Morgan fingerprint density at radius 3 is 0.687 bits per heavy atom. The van der Waals surface area contributed by atoms with Crippen LogP contribution < -0.4 is 0 Å². The Labute approximate surface area is 607 Å². The van der Waals surface area contributed by atoms with Gasteiger partial charge in [-0.1, -0.05) is 375 Å². The minimum atomic E-state index is -4.96. The molecule has 0 amide bonds. The van der Waals surface area contributed by atoms with Crippen molar-refractivity contribution in [3.05, 3.63) is 0 Å². The van der Waals surface area contributed by atoms with Crippen LogP contribution in [0.1, 0.15) is 426 Å². The molecule has 5 atom stereocenters. The number of hydrogen-bond donors (Lipinski definition) is 3. The SMILES string of the molecule is CCCCCCCCCCCCCCCCCCCCCC(=O)O[C@H](COC(=O)CCCCCCCCCCCCCCCCCC)COP(=O)(O)OC[C@@H](O)COP(=O)(O)OC[C@@H](COC(=O)CCCCCCCCCCCCCC)OC(=O)CCCCCCCCCCCC(C)C. The van der Waals surface area contributed by atoms with Gasteiger partial charge in [-0.05, 0) is 31.6 Å². The molecule has 0 bridgehead atoms. The monoisotopic (exact) mass is 1450 g/mol. The molecule has 0 spiro atoms. The van der Waals surface area contributed by atoms with Crippen LogP contribution in [0.15, 0.2) is 0 Å². The molecule has 0 saturated carbocycles. The Morgan fingerprint density at radius 1 is 0.273 bits per heavy atom. The number of unbranched alkanes of at least 4 members (excludes halogenated alkanes) is 52. The molecule has 0 rings (SSSR count). The van der Waals surface area contributed by atoms with Crippen LogP contribution >= 0.6 is 15.6 Å². The molecule has 0 heterocycles. The smallest absolute Gasteiger partial charge is 0.462 e. The van der Waals surface area contributed by atoms with Gasteiger partial charge in [0.05, 0.1) is 26.4 Å². The first kappa shape index (κ1) is 97.1. The summed E-state index contributed by atoms with van der Waals surface area (Å²) in [6.07, 6.45) is 63.8. The average molecular weight is 1450 g/mol. The van der Waals surface area contributed by atoms with E-state index in [0.29, 0.717) is 25.7 Å². The highest BCUT2D eigenvalue weighted by Crippen LogP contribution is 2.45. The molecule has 99 heavy (non-hydrogen) atoms. The molecule has 2 unspecified atom stereocenters. The van der Waals surface area contributed by atoms with Gasteiger partial charge in [0.2, 0.25) is 0 Å². The first-order valence-corrected chi connectivity index (χ1v) is 44.6. The van der Waals surface area contributed by atoms with Crippen molar-refractivity contribution in [1.82, 2.24) is 0 Å². The lowest BCUT2D eigenvalue weighted by Gasteiger charge is -2.21. The molecule has 0 aromatic carbocycles. The van der Waals surface area contributed by atoms with Crippen LogP contribution in [0.5, 0.6) is 0 Å². The third kappa shape index (κ3) is 74.1. The molecular formula is C80H156O17P2. The highest BCUT2D eigenvalue weighted by molar-refractivity contribution is 7.47. The van der Waals surface area contributed by atoms with Gasteiger partial charge in [0.25, 0.3) is 0 Å². The largest absolute Gasteiger partial charge is 0.472 e. The van der Waals surface area contributed by atoms with Gasteiger partial charge in [-0.3, -0.25) is 37.3 Å². The number of carbonyl (C=O) groups is 4. The van der Waals surface area contributed by atoms with Crippen LogP contribution in [0, 0.1) is 5.92 Å². The quantitative estimate of drug-likeness (QED) is 0.0222. The summed E-state index contributed by atoms with van der Waals surface area (Å²) in [6, 6.07) is 0. The van der Waals surface area contributed by atoms with Gasteiger partial charge in [-0.15, -0.1) is 0 Å². The van der Waals surface area contributed by atoms with E-state index in [9.17, 15) is 43.2 Å². The second-order valence-corrected chi connectivity index (χ2v) is 32.2. The maximum Gasteiger partial charge on any atom is 0.472 e. The van der Waals surface area contributed by atoms with Crippen molar-refractivity contribution >= 4 is 39.5 Å². The molecule has 0 aromatic rings. The van der Waals surface area contributed by atoms with Crippen LogP contribution in [0.25, 0.3) is 0 Å². The second-order valence-electron chi connectivity index (χ2n) is 29.3. The van der Waals surface area contributed by atoms with E-state index in [-0.39, 0.29) is 25.7 Å². The molecule has 0 aromatic heterocycles. The van der Waals surface area contributed by atoms with E-state index >= 15 is 0 Å². The maximum atomic E-state index is 13.1. The molecule has 0 aliphatic rings. The third-order valence-corrected chi connectivity index (χ3v) is 20.7. The van der Waals surface area contributed by atoms with E-state index in [2.05, 4.69) is 34.6 Å². The number of rotatable bonds is 80. The lowest BCUT2D eigenvalue weighted by Crippen LogP contribution is -2.30. The molecule has 588 valence electrons. The van der Waals surface area contributed by atoms with Gasteiger partial charge >= 0.3 is 39.5 Å².